The molecule has 1 aromatic heterocycles. The van der Waals surface area contributed by atoms with E-state index in [1.54, 1.807) is 0 Å². The summed E-state index contributed by atoms with van der Waals surface area (Å²) in [6.07, 6.45) is 11.2. The molecule has 0 bridgehead atoms. The Hall–Kier alpha value is -0.960. The van der Waals surface area contributed by atoms with Crippen LogP contribution in [0.3, 0.4) is 0 Å². The van der Waals surface area contributed by atoms with Gasteiger partial charge in [0.05, 0.1) is 5.69 Å². The monoisotopic (exact) mass is 233 g/mol. The molecule has 2 rings (SSSR count). The van der Waals surface area contributed by atoms with E-state index in [1.807, 2.05) is 13.1 Å². The molecule has 3 heteroatoms. The highest BCUT2D eigenvalue weighted by Gasteiger charge is 2.16. The molecule has 1 fully saturated rings. The van der Waals surface area contributed by atoms with Crippen LogP contribution in [0.4, 0.5) is 0 Å². The predicted octanol–water partition coefficient (Wildman–Crippen LogP) is 3.07. The average Bonchev–Trinajstić information content (AvgIpc) is 2.30. The minimum atomic E-state index is 0.522. The summed E-state index contributed by atoms with van der Waals surface area (Å²) >= 11 is 0. The van der Waals surface area contributed by atoms with Gasteiger partial charge in [-0.2, -0.15) is 0 Å². The van der Waals surface area contributed by atoms with Crippen molar-refractivity contribution in [1.29, 1.82) is 0 Å². The van der Waals surface area contributed by atoms with Crippen LogP contribution in [0.5, 0.6) is 0 Å². The third-order valence-electron chi connectivity index (χ3n) is 3.76. The van der Waals surface area contributed by atoms with Crippen molar-refractivity contribution < 1.29 is 0 Å². The SMILES string of the molecule is Cc1cnc(C2CCCCCCC2)nc1CN. The molecule has 3 nitrogen and oxygen atoms in total. The summed E-state index contributed by atoms with van der Waals surface area (Å²) in [6.45, 7) is 2.55. The molecule has 0 aliphatic heterocycles. The van der Waals surface area contributed by atoms with Crippen LogP contribution in [0.25, 0.3) is 0 Å². The molecule has 0 saturated heterocycles. The van der Waals surface area contributed by atoms with Crippen molar-refractivity contribution in [3.05, 3.63) is 23.3 Å². The molecule has 1 aliphatic carbocycles. The zero-order chi connectivity index (χ0) is 12.1. The molecule has 94 valence electrons. The molecule has 17 heavy (non-hydrogen) atoms. The summed E-state index contributed by atoms with van der Waals surface area (Å²) in [6, 6.07) is 0. The number of hydrogen-bond donors (Lipinski definition) is 1. The van der Waals surface area contributed by atoms with Gasteiger partial charge in [0.15, 0.2) is 0 Å². The lowest BCUT2D eigenvalue weighted by Gasteiger charge is -2.19. The quantitative estimate of drug-likeness (QED) is 0.854. The maximum Gasteiger partial charge on any atom is 0.131 e. The van der Waals surface area contributed by atoms with Gasteiger partial charge in [0.1, 0.15) is 5.82 Å². The van der Waals surface area contributed by atoms with E-state index in [0.29, 0.717) is 12.5 Å². The highest BCUT2D eigenvalue weighted by molar-refractivity contribution is 5.16. The van der Waals surface area contributed by atoms with E-state index in [1.165, 1.54) is 44.9 Å². The van der Waals surface area contributed by atoms with Crippen LogP contribution in [-0.4, -0.2) is 9.97 Å². The summed E-state index contributed by atoms with van der Waals surface area (Å²) in [5.74, 6) is 1.58. The van der Waals surface area contributed by atoms with Crippen LogP contribution in [-0.2, 0) is 6.54 Å². The molecular weight excluding hydrogens is 210 g/mol. The Labute approximate surface area is 104 Å². The highest BCUT2D eigenvalue weighted by atomic mass is 14.9. The number of aromatic nitrogens is 2. The fourth-order valence-electron chi connectivity index (χ4n) is 2.61. The number of aryl methyl sites for hydroxylation is 1. The Balaban J connectivity index is 2.13. The molecule has 0 aromatic carbocycles. The van der Waals surface area contributed by atoms with Gasteiger partial charge < -0.3 is 5.73 Å². The van der Waals surface area contributed by atoms with Crippen LogP contribution in [0.2, 0.25) is 0 Å². The van der Waals surface area contributed by atoms with E-state index < -0.39 is 0 Å². The van der Waals surface area contributed by atoms with Crippen molar-refractivity contribution in [1.82, 2.24) is 9.97 Å². The van der Waals surface area contributed by atoms with Gasteiger partial charge in [0.25, 0.3) is 0 Å². The van der Waals surface area contributed by atoms with Crippen molar-refractivity contribution in [2.24, 2.45) is 5.73 Å². The Kier molecular flexibility index (Phi) is 4.49. The Morgan fingerprint density at radius 3 is 2.47 bits per heavy atom. The Morgan fingerprint density at radius 1 is 1.18 bits per heavy atom. The van der Waals surface area contributed by atoms with Gasteiger partial charge in [-0.25, -0.2) is 9.97 Å². The second-order valence-electron chi connectivity index (χ2n) is 5.10. The maximum absolute atomic E-state index is 5.71. The first-order chi connectivity index (χ1) is 8.31. The molecular formula is C14H23N3. The normalized spacial score (nSPS) is 18.7. The van der Waals surface area contributed by atoms with Crippen LogP contribution < -0.4 is 5.73 Å². The standard InChI is InChI=1S/C14H23N3/c1-11-10-16-14(17-13(11)9-15)12-7-5-3-2-4-6-8-12/h10,12H,2-9,15H2,1H3. The minimum absolute atomic E-state index is 0.522. The van der Waals surface area contributed by atoms with Gasteiger partial charge in [-0.1, -0.05) is 32.1 Å². The third-order valence-corrected chi connectivity index (χ3v) is 3.76. The summed E-state index contributed by atoms with van der Waals surface area (Å²) in [5.41, 5.74) is 7.84. The van der Waals surface area contributed by atoms with Gasteiger partial charge in [-0.15, -0.1) is 0 Å². The molecule has 1 heterocycles. The first kappa shape index (κ1) is 12.5. The Morgan fingerprint density at radius 2 is 1.82 bits per heavy atom. The second kappa shape index (κ2) is 6.10. The highest BCUT2D eigenvalue weighted by Crippen LogP contribution is 2.28. The third kappa shape index (κ3) is 3.25. The fraction of sp³-hybridized carbons (Fsp3) is 0.714. The van der Waals surface area contributed by atoms with E-state index in [9.17, 15) is 0 Å². The minimum Gasteiger partial charge on any atom is -0.325 e. The number of nitrogens with two attached hydrogens (primary N) is 1. The molecule has 1 aromatic rings. The Bertz CT molecular complexity index is 354. The number of nitrogens with zero attached hydrogens (tertiary/aromatic N) is 2. The number of rotatable bonds is 2. The van der Waals surface area contributed by atoms with Gasteiger partial charge >= 0.3 is 0 Å². The van der Waals surface area contributed by atoms with E-state index in [-0.39, 0.29) is 0 Å². The summed E-state index contributed by atoms with van der Waals surface area (Å²) < 4.78 is 0. The lowest BCUT2D eigenvalue weighted by Crippen LogP contribution is -2.11. The lowest BCUT2D eigenvalue weighted by atomic mass is 9.90. The number of hydrogen-bond acceptors (Lipinski definition) is 3. The first-order valence-electron chi connectivity index (χ1n) is 6.83. The summed E-state index contributed by atoms with van der Waals surface area (Å²) in [7, 11) is 0. The van der Waals surface area contributed by atoms with Gasteiger partial charge in [-0.3, -0.25) is 0 Å². The van der Waals surface area contributed by atoms with Gasteiger partial charge in [-0.05, 0) is 25.3 Å². The molecule has 0 spiro atoms. The van der Waals surface area contributed by atoms with Crippen LogP contribution in [0, 0.1) is 6.92 Å². The lowest BCUT2D eigenvalue weighted by molar-refractivity contribution is 0.441. The smallest absolute Gasteiger partial charge is 0.131 e. The van der Waals surface area contributed by atoms with E-state index in [0.717, 1.165) is 17.1 Å². The molecule has 0 radical (unpaired) electrons. The second-order valence-corrected chi connectivity index (χ2v) is 5.10. The van der Waals surface area contributed by atoms with E-state index in [4.69, 9.17) is 5.73 Å². The molecule has 1 saturated carbocycles. The van der Waals surface area contributed by atoms with Crippen molar-refractivity contribution in [2.75, 3.05) is 0 Å². The van der Waals surface area contributed by atoms with E-state index >= 15 is 0 Å². The van der Waals surface area contributed by atoms with Gasteiger partial charge in [0.2, 0.25) is 0 Å². The molecule has 2 N–H and O–H groups in total. The van der Waals surface area contributed by atoms with E-state index in [2.05, 4.69) is 9.97 Å². The van der Waals surface area contributed by atoms with Crippen molar-refractivity contribution >= 4 is 0 Å². The zero-order valence-corrected chi connectivity index (χ0v) is 10.8. The molecule has 0 amide bonds. The van der Waals surface area contributed by atoms with Gasteiger partial charge in [0, 0.05) is 18.7 Å². The first-order valence-corrected chi connectivity index (χ1v) is 6.83. The fourth-order valence-corrected chi connectivity index (χ4v) is 2.61. The molecule has 0 unspecified atom stereocenters. The van der Waals surface area contributed by atoms with Crippen LogP contribution >= 0.6 is 0 Å². The zero-order valence-electron chi connectivity index (χ0n) is 10.8. The molecule has 1 aliphatic rings. The average molecular weight is 233 g/mol. The van der Waals surface area contributed by atoms with Crippen LogP contribution in [0.1, 0.15) is 67.9 Å². The largest absolute Gasteiger partial charge is 0.325 e. The van der Waals surface area contributed by atoms with Crippen LogP contribution in [0.15, 0.2) is 6.20 Å². The van der Waals surface area contributed by atoms with Crippen molar-refractivity contribution in [3.8, 4) is 0 Å². The molecule has 0 atom stereocenters. The summed E-state index contributed by atoms with van der Waals surface area (Å²) in [5, 5.41) is 0. The summed E-state index contributed by atoms with van der Waals surface area (Å²) in [4.78, 5) is 9.17. The topological polar surface area (TPSA) is 51.8 Å². The predicted molar refractivity (Wildman–Crippen MR) is 69.7 cm³/mol. The van der Waals surface area contributed by atoms with Crippen molar-refractivity contribution in [2.45, 2.75) is 64.3 Å². The maximum atomic E-state index is 5.71. The van der Waals surface area contributed by atoms with Crippen molar-refractivity contribution in [3.63, 3.8) is 0 Å².